The maximum Gasteiger partial charge on any atom is 0.194 e. The average Bonchev–Trinajstić information content (AvgIpc) is 3.02. The van der Waals surface area contributed by atoms with Gasteiger partial charge in [-0.2, -0.15) is 0 Å². The fourth-order valence-corrected chi connectivity index (χ4v) is 3.26. The molecular weight excluding hydrogens is 270 g/mol. The summed E-state index contributed by atoms with van der Waals surface area (Å²) in [6, 6.07) is 0. The molecule has 0 aromatic carbocycles. The predicted octanol–water partition coefficient (Wildman–Crippen LogP) is 2.08. The number of rotatable bonds is 5. The Morgan fingerprint density at radius 3 is 2.95 bits per heavy atom. The van der Waals surface area contributed by atoms with Crippen LogP contribution in [0.15, 0.2) is 18.6 Å². The van der Waals surface area contributed by atoms with Crippen LogP contribution < -0.4 is 5.32 Å². The average molecular weight is 289 g/mol. The molecule has 3 aromatic rings. The van der Waals surface area contributed by atoms with Crippen molar-refractivity contribution in [3.05, 3.63) is 40.7 Å². The van der Waals surface area contributed by atoms with E-state index in [-0.39, 0.29) is 0 Å². The normalized spacial score (nSPS) is 11.6. The van der Waals surface area contributed by atoms with Crippen molar-refractivity contribution >= 4 is 16.3 Å². The van der Waals surface area contributed by atoms with Gasteiger partial charge in [-0.05, 0) is 13.8 Å². The van der Waals surface area contributed by atoms with Crippen molar-refractivity contribution in [1.82, 2.24) is 24.3 Å². The summed E-state index contributed by atoms with van der Waals surface area (Å²) in [5.74, 6) is 1.11. The van der Waals surface area contributed by atoms with E-state index in [1.165, 1.54) is 10.6 Å². The van der Waals surface area contributed by atoms with Gasteiger partial charge in [-0.25, -0.2) is 9.97 Å². The minimum Gasteiger partial charge on any atom is -0.338 e. The van der Waals surface area contributed by atoms with E-state index in [2.05, 4.69) is 44.3 Å². The topological polar surface area (TPSA) is 47.1 Å². The molecule has 1 N–H and O–H groups in total. The Morgan fingerprint density at radius 1 is 1.35 bits per heavy atom. The van der Waals surface area contributed by atoms with E-state index in [1.54, 1.807) is 11.3 Å². The van der Waals surface area contributed by atoms with Gasteiger partial charge in [-0.3, -0.25) is 4.40 Å². The Hall–Kier alpha value is -1.66. The molecule has 106 valence electrons. The van der Waals surface area contributed by atoms with Gasteiger partial charge in [0.05, 0.1) is 11.4 Å². The number of thiazole rings is 1. The Morgan fingerprint density at radius 2 is 2.20 bits per heavy atom. The molecule has 0 aliphatic rings. The summed E-state index contributed by atoms with van der Waals surface area (Å²) < 4.78 is 4.26. The molecule has 3 aromatic heterocycles. The summed E-state index contributed by atoms with van der Waals surface area (Å²) in [4.78, 5) is 11.3. The molecule has 3 rings (SSSR count). The van der Waals surface area contributed by atoms with Crippen molar-refractivity contribution in [3.8, 4) is 0 Å². The minimum atomic E-state index is 0.841. The maximum atomic E-state index is 4.60. The molecule has 20 heavy (non-hydrogen) atoms. The molecule has 0 aliphatic heterocycles. The first-order valence-corrected chi connectivity index (χ1v) is 7.57. The Labute approximate surface area is 122 Å². The second-order valence-electron chi connectivity index (χ2n) is 5.02. The standard InChI is InChI=1S/C14H19N5S/c1-10-9-19-12(11(2)17-14(19)20-10)8-15-5-4-13-16-6-7-18(13)3/h6-7,9,15H,4-5,8H2,1-3H3. The molecule has 5 nitrogen and oxygen atoms in total. The van der Waals surface area contributed by atoms with E-state index in [9.17, 15) is 0 Å². The van der Waals surface area contributed by atoms with E-state index in [0.29, 0.717) is 0 Å². The number of nitrogens with zero attached hydrogens (tertiary/aromatic N) is 4. The molecule has 0 saturated carbocycles. The Bertz CT molecular complexity index is 721. The zero-order chi connectivity index (χ0) is 14.1. The summed E-state index contributed by atoms with van der Waals surface area (Å²) in [6.07, 6.45) is 6.92. The lowest BCUT2D eigenvalue weighted by atomic mass is 10.3. The number of nitrogens with one attached hydrogen (secondary N) is 1. The number of fused-ring (bicyclic) bond motifs is 1. The molecule has 0 saturated heterocycles. The molecule has 0 bridgehead atoms. The van der Waals surface area contributed by atoms with Crippen LogP contribution in [0.5, 0.6) is 0 Å². The van der Waals surface area contributed by atoms with Gasteiger partial charge in [0.2, 0.25) is 0 Å². The number of hydrogen-bond acceptors (Lipinski definition) is 4. The van der Waals surface area contributed by atoms with Crippen molar-refractivity contribution in [2.45, 2.75) is 26.8 Å². The number of aryl methyl sites for hydroxylation is 3. The molecule has 0 atom stereocenters. The fourth-order valence-electron chi connectivity index (χ4n) is 2.37. The molecule has 0 aliphatic carbocycles. The lowest BCUT2D eigenvalue weighted by Crippen LogP contribution is -2.19. The van der Waals surface area contributed by atoms with Gasteiger partial charge in [0.25, 0.3) is 0 Å². The highest BCUT2D eigenvalue weighted by Crippen LogP contribution is 2.20. The number of aromatic nitrogens is 4. The van der Waals surface area contributed by atoms with E-state index in [0.717, 1.165) is 36.0 Å². The van der Waals surface area contributed by atoms with Crippen LogP contribution in [0.25, 0.3) is 4.96 Å². The van der Waals surface area contributed by atoms with Gasteiger partial charge in [-0.1, -0.05) is 0 Å². The summed E-state index contributed by atoms with van der Waals surface area (Å²) in [7, 11) is 2.03. The van der Waals surface area contributed by atoms with Crippen LogP contribution >= 0.6 is 11.3 Å². The number of hydrogen-bond donors (Lipinski definition) is 1. The van der Waals surface area contributed by atoms with Gasteiger partial charge in [0.1, 0.15) is 5.82 Å². The number of imidazole rings is 2. The zero-order valence-electron chi connectivity index (χ0n) is 12.1. The quantitative estimate of drug-likeness (QED) is 0.732. The summed E-state index contributed by atoms with van der Waals surface area (Å²) in [6.45, 7) is 5.95. The molecule has 0 unspecified atom stereocenters. The molecular formula is C14H19N5S. The highest BCUT2D eigenvalue weighted by Gasteiger charge is 2.10. The lowest BCUT2D eigenvalue weighted by molar-refractivity contribution is 0.642. The minimum absolute atomic E-state index is 0.841. The van der Waals surface area contributed by atoms with E-state index in [4.69, 9.17) is 0 Å². The van der Waals surface area contributed by atoms with Gasteiger partial charge in [0.15, 0.2) is 4.96 Å². The zero-order valence-corrected chi connectivity index (χ0v) is 12.9. The first-order chi connectivity index (χ1) is 9.65. The summed E-state index contributed by atoms with van der Waals surface area (Å²) in [5, 5.41) is 3.49. The highest BCUT2D eigenvalue weighted by molar-refractivity contribution is 7.17. The van der Waals surface area contributed by atoms with Gasteiger partial charge in [-0.15, -0.1) is 11.3 Å². The van der Waals surface area contributed by atoms with Crippen LogP contribution in [0.4, 0.5) is 0 Å². The van der Waals surface area contributed by atoms with Crippen molar-refractivity contribution in [1.29, 1.82) is 0 Å². The van der Waals surface area contributed by atoms with Crippen LogP contribution in [0.2, 0.25) is 0 Å². The second kappa shape index (κ2) is 5.38. The van der Waals surface area contributed by atoms with E-state index >= 15 is 0 Å². The third kappa shape index (κ3) is 2.48. The largest absolute Gasteiger partial charge is 0.338 e. The SMILES string of the molecule is Cc1cn2c(CNCCc3nccn3C)c(C)nc2s1. The molecule has 0 spiro atoms. The molecule has 3 heterocycles. The highest BCUT2D eigenvalue weighted by atomic mass is 32.1. The van der Waals surface area contributed by atoms with Crippen molar-refractivity contribution < 1.29 is 0 Å². The van der Waals surface area contributed by atoms with E-state index < -0.39 is 0 Å². The molecule has 6 heteroatoms. The Balaban J connectivity index is 1.62. The summed E-state index contributed by atoms with van der Waals surface area (Å²) in [5.41, 5.74) is 2.37. The first-order valence-electron chi connectivity index (χ1n) is 6.76. The van der Waals surface area contributed by atoms with Crippen molar-refractivity contribution in [2.75, 3.05) is 6.54 Å². The fraction of sp³-hybridized carbons (Fsp3) is 0.429. The van der Waals surface area contributed by atoms with Crippen LogP contribution in [0, 0.1) is 13.8 Å². The van der Waals surface area contributed by atoms with Gasteiger partial charge in [0, 0.05) is 50.0 Å². The van der Waals surface area contributed by atoms with Gasteiger partial charge >= 0.3 is 0 Å². The second-order valence-corrected chi connectivity index (χ2v) is 6.23. The maximum absolute atomic E-state index is 4.60. The van der Waals surface area contributed by atoms with Crippen LogP contribution in [-0.2, 0) is 20.0 Å². The molecule has 0 radical (unpaired) electrons. The molecule has 0 fully saturated rings. The van der Waals surface area contributed by atoms with Crippen LogP contribution in [-0.4, -0.2) is 25.5 Å². The first kappa shape index (κ1) is 13.3. The monoisotopic (exact) mass is 289 g/mol. The van der Waals surface area contributed by atoms with Crippen LogP contribution in [0.1, 0.15) is 22.1 Å². The smallest absolute Gasteiger partial charge is 0.194 e. The predicted molar refractivity (Wildman–Crippen MR) is 81.2 cm³/mol. The summed E-state index contributed by atoms with van der Waals surface area (Å²) >= 11 is 1.74. The third-order valence-corrected chi connectivity index (χ3v) is 4.38. The van der Waals surface area contributed by atoms with Crippen molar-refractivity contribution in [3.63, 3.8) is 0 Å². The van der Waals surface area contributed by atoms with Gasteiger partial charge < -0.3 is 9.88 Å². The van der Waals surface area contributed by atoms with Crippen LogP contribution in [0.3, 0.4) is 0 Å². The van der Waals surface area contributed by atoms with Crippen molar-refractivity contribution in [2.24, 2.45) is 7.05 Å². The Kier molecular flexibility index (Phi) is 3.58. The lowest BCUT2D eigenvalue weighted by Gasteiger charge is -2.05. The van der Waals surface area contributed by atoms with E-state index in [1.807, 2.05) is 19.4 Å². The third-order valence-electron chi connectivity index (χ3n) is 3.48. The molecule has 0 amide bonds.